The van der Waals surface area contributed by atoms with Crippen LogP contribution in [-0.4, -0.2) is 18.0 Å². The number of pyridine rings is 2. The molecule has 0 fully saturated rings. The zero-order chi connectivity index (χ0) is 40.2. The Balaban J connectivity index is 0.000000183. The molecule has 9 rings (SSSR count). The molecule has 0 bridgehead atoms. The second kappa shape index (κ2) is 18.3. The van der Waals surface area contributed by atoms with E-state index in [1.54, 1.807) is 0 Å². The van der Waals surface area contributed by atoms with Crippen molar-refractivity contribution in [2.45, 2.75) is 52.2 Å². The smallest absolute Gasteiger partial charge is 0.0799 e. The van der Waals surface area contributed by atoms with E-state index >= 15 is 0 Å². The summed E-state index contributed by atoms with van der Waals surface area (Å²) in [6.07, 6.45) is 4.04. The van der Waals surface area contributed by atoms with Crippen LogP contribution in [0.15, 0.2) is 170 Å². The van der Waals surface area contributed by atoms with Gasteiger partial charge in [0.1, 0.15) is 0 Å². The van der Waals surface area contributed by atoms with E-state index in [9.17, 15) is 0 Å². The molecule has 1 radical (unpaired) electrons. The Morgan fingerprint density at radius 3 is 1.88 bits per heavy atom. The molecule has 0 aliphatic rings. The van der Waals surface area contributed by atoms with Gasteiger partial charge >= 0.3 is 0 Å². The summed E-state index contributed by atoms with van der Waals surface area (Å²) in [5.74, 6) is 0.815. The van der Waals surface area contributed by atoms with Crippen molar-refractivity contribution < 1.29 is 20.1 Å². The van der Waals surface area contributed by atoms with Gasteiger partial charge in [0.25, 0.3) is 0 Å². The molecule has 3 heterocycles. The first-order valence-electron chi connectivity index (χ1n) is 20.2. The Kier molecular flexibility index (Phi) is 13.0. The van der Waals surface area contributed by atoms with Crippen molar-refractivity contribution in [1.29, 1.82) is 0 Å². The van der Waals surface area contributed by atoms with Crippen molar-refractivity contribution in [2.75, 3.05) is 0 Å². The molecule has 0 aliphatic heterocycles. The molecule has 2 nitrogen and oxygen atoms in total. The van der Waals surface area contributed by atoms with Gasteiger partial charge in [0, 0.05) is 43.1 Å². The number of hydrogen-bond acceptors (Lipinski definition) is 3. The van der Waals surface area contributed by atoms with Crippen molar-refractivity contribution in [3.05, 3.63) is 199 Å². The number of fused-ring (bicyclic) bond motifs is 3. The first-order chi connectivity index (χ1) is 28.1. The Bertz CT molecular complexity index is 2790. The normalized spacial score (nSPS) is 11.8. The molecule has 1 unspecified atom stereocenters. The maximum Gasteiger partial charge on any atom is 0.0799 e. The molecule has 1 atom stereocenters. The fraction of sp³-hybridized carbons (Fsp3) is 0.148. The van der Waals surface area contributed by atoms with E-state index in [0.717, 1.165) is 22.5 Å². The minimum atomic E-state index is -1.39. The molecule has 3 aromatic heterocycles. The van der Waals surface area contributed by atoms with Gasteiger partial charge in [0.2, 0.25) is 0 Å². The van der Waals surface area contributed by atoms with E-state index in [2.05, 4.69) is 204 Å². The van der Waals surface area contributed by atoms with Gasteiger partial charge in [-0.25, -0.2) is 0 Å². The molecule has 0 spiro atoms. The topological polar surface area (TPSA) is 25.8 Å². The van der Waals surface area contributed by atoms with E-state index in [1.165, 1.54) is 64.3 Å². The molecule has 6 aromatic carbocycles. The SMILES string of the molecule is CC(C)c1cc(-c2[c-]cc(-c3ccccc3)cc2)ncc1[Si](C)(C)C.CC(c1ccccc1)c1ccnc(-c2[c-]ccc3c2sc2cc(-c4ccccc4)ccc23)c1.[Ir]. The van der Waals surface area contributed by atoms with Crippen LogP contribution in [0.4, 0.5) is 0 Å². The molecule has 5 heteroatoms. The van der Waals surface area contributed by atoms with Gasteiger partial charge < -0.3 is 9.97 Å². The molecule has 0 aliphatic carbocycles. The fourth-order valence-corrected chi connectivity index (χ4v) is 10.6. The van der Waals surface area contributed by atoms with Gasteiger partial charge in [-0.15, -0.1) is 53.6 Å². The molecular formula is C54H48IrN2SSi-2. The van der Waals surface area contributed by atoms with Gasteiger partial charge in [0.15, 0.2) is 0 Å². The Morgan fingerprint density at radius 2 is 1.24 bits per heavy atom. The number of thiophene rings is 1. The van der Waals surface area contributed by atoms with E-state index < -0.39 is 8.07 Å². The molecule has 0 amide bonds. The molecule has 0 N–H and O–H groups in total. The first kappa shape index (κ1) is 41.9. The van der Waals surface area contributed by atoms with Crippen molar-refractivity contribution in [1.82, 2.24) is 9.97 Å². The second-order valence-electron chi connectivity index (χ2n) is 16.3. The number of nitrogens with zero attached hydrogens (tertiary/aromatic N) is 2. The van der Waals surface area contributed by atoms with Crippen molar-refractivity contribution in [3.8, 4) is 44.8 Å². The standard InChI is InChI=1S/C31H22NS.C23H26NSi.Ir/c1-21(22-9-4-2-5-10-22)24-17-18-32-29(19-24)28-14-8-13-27-26-16-15-25(20-30(26)33-31(27)28)23-11-6-3-7-12-23;1-17(2)21-15-22(24-16-23(21)25(3,4)5)20-13-11-19(12-14-20)18-9-7-6-8-10-18;/h2-13,15-21H,1H3;6-13,15-17H,1-5H3;/q2*-1;. The summed E-state index contributed by atoms with van der Waals surface area (Å²) >= 11 is 1.83. The number of hydrogen-bond donors (Lipinski definition) is 0. The van der Waals surface area contributed by atoms with Crippen LogP contribution < -0.4 is 5.19 Å². The zero-order valence-electron chi connectivity index (χ0n) is 34.5. The predicted octanol–water partition coefficient (Wildman–Crippen LogP) is 14.6. The van der Waals surface area contributed by atoms with Gasteiger partial charge in [0.05, 0.1) is 8.07 Å². The summed E-state index contributed by atoms with van der Waals surface area (Å²) in [6, 6.07) is 62.5. The molecule has 0 saturated carbocycles. The maximum absolute atomic E-state index is 4.76. The molecule has 0 saturated heterocycles. The van der Waals surface area contributed by atoms with E-state index in [4.69, 9.17) is 9.97 Å². The number of aromatic nitrogens is 2. The minimum absolute atomic E-state index is 0. The molecule has 295 valence electrons. The number of benzene rings is 6. The van der Waals surface area contributed by atoms with Crippen LogP contribution in [0.3, 0.4) is 0 Å². The average molecular weight is 977 g/mol. The monoisotopic (exact) mass is 977 g/mol. The Morgan fingerprint density at radius 1 is 0.576 bits per heavy atom. The summed E-state index contributed by atoms with van der Waals surface area (Å²) in [5.41, 5.74) is 13.1. The first-order valence-corrected chi connectivity index (χ1v) is 24.5. The van der Waals surface area contributed by atoms with Gasteiger partial charge in [-0.1, -0.05) is 178 Å². The average Bonchev–Trinajstić information content (AvgIpc) is 3.65. The van der Waals surface area contributed by atoms with Crippen LogP contribution in [0.1, 0.15) is 49.3 Å². The Hall–Kier alpha value is -5.29. The summed E-state index contributed by atoms with van der Waals surface area (Å²) < 4.78 is 2.54. The quantitative estimate of drug-likeness (QED) is 0.112. The van der Waals surface area contributed by atoms with Crippen LogP contribution in [0.25, 0.3) is 64.9 Å². The second-order valence-corrected chi connectivity index (χ2v) is 22.4. The predicted molar refractivity (Wildman–Crippen MR) is 252 cm³/mol. The molecule has 9 aromatic rings. The van der Waals surface area contributed by atoms with Gasteiger partial charge in [-0.2, -0.15) is 11.3 Å². The number of rotatable bonds is 8. The minimum Gasteiger partial charge on any atom is -0.305 e. The van der Waals surface area contributed by atoms with Crippen LogP contribution >= 0.6 is 11.3 Å². The molecule has 59 heavy (non-hydrogen) atoms. The zero-order valence-corrected chi connectivity index (χ0v) is 38.7. The van der Waals surface area contributed by atoms with Gasteiger partial charge in [-0.3, -0.25) is 0 Å². The van der Waals surface area contributed by atoms with Crippen LogP contribution in [0, 0.1) is 12.1 Å². The Labute approximate surface area is 368 Å². The third kappa shape index (κ3) is 9.30. The van der Waals surface area contributed by atoms with E-state index in [1.807, 2.05) is 29.7 Å². The summed E-state index contributed by atoms with van der Waals surface area (Å²) in [5, 5.41) is 4.03. The van der Waals surface area contributed by atoms with E-state index in [-0.39, 0.29) is 20.1 Å². The molecular weight excluding hydrogens is 929 g/mol. The van der Waals surface area contributed by atoms with Crippen LogP contribution in [0.5, 0.6) is 0 Å². The third-order valence-electron chi connectivity index (χ3n) is 10.9. The fourth-order valence-electron chi connectivity index (χ4n) is 7.65. The summed E-state index contributed by atoms with van der Waals surface area (Å²) in [7, 11) is -1.39. The maximum atomic E-state index is 4.76. The largest absolute Gasteiger partial charge is 0.305 e. The summed E-state index contributed by atoms with van der Waals surface area (Å²) in [4.78, 5) is 9.51. The summed E-state index contributed by atoms with van der Waals surface area (Å²) in [6.45, 7) is 13.9. The van der Waals surface area contributed by atoms with E-state index in [0.29, 0.717) is 11.8 Å². The van der Waals surface area contributed by atoms with Crippen molar-refractivity contribution >= 4 is 44.8 Å². The van der Waals surface area contributed by atoms with Crippen molar-refractivity contribution in [3.63, 3.8) is 0 Å². The van der Waals surface area contributed by atoms with Gasteiger partial charge in [-0.05, 0) is 67.0 Å². The van der Waals surface area contributed by atoms with Crippen LogP contribution in [0.2, 0.25) is 19.6 Å². The van der Waals surface area contributed by atoms with Crippen LogP contribution in [-0.2, 0) is 20.1 Å². The third-order valence-corrected chi connectivity index (χ3v) is 14.2. The van der Waals surface area contributed by atoms with Crippen molar-refractivity contribution in [2.24, 2.45) is 0 Å².